The molecule has 0 heterocycles. The lowest BCUT2D eigenvalue weighted by Crippen LogP contribution is -2.06. The van der Waals surface area contributed by atoms with Crippen LogP contribution < -0.4 is 4.74 Å². The van der Waals surface area contributed by atoms with Crippen LogP contribution in [0.4, 0.5) is 0 Å². The first-order valence-electron chi connectivity index (χ1n) is 4.84. The van der Waals surface area contributed by atoms with Crippen molar-refractivity contribution in [1.82, 2.24) is 0 Å². The molecule has 0 fully saturated rings. The first-order valence-corrected chi connectivity index (χ1v) is 4.84. The molecular weight excluding hydrogens is 206 g/mol. The number of carboxylic acids is 1. The molecule has 1 aromatic rings. The van der Waals surface area contributed by atoms with Gasteiger partial charge in [-0.25, -0.2) is 0 Å². The predicted molar refractivity (Wildman–Crippen MR) is 58.3 cm³/mol. The molecule has 1 aromatic carbocycles. The van der Waals surface area contributed by atoms with E-state index >= 15 is 0 Å². The number of nitriles is 1. The molecule has 84 valence electrons. The fourth-order valence-corrected chi connectivity index (χ4v) is 1.51. The number of benzene rings is 1. The van der Waals surface area contributed by atoms with Crippen LogP contribution in [0.2, 0.25) is 0 Å². The van der Waals surface area contributed by atoms with E-state index in [2.05, 4.69) is 0 Å². The van der Waals surface area contributed by atoms with E-state index in [1.54, 1.807) is 12.1 Å². The Labute approximate surface area is 94.1 Å². The maximum Gasteiger partial charge on any atom is 0.305 e. The van der Waals surface area contributed by atoms with Crippen LogP contribution in [0.3, 0.4) is 0 Å². The monoisotopic (exact) mass is 219 g/mol. The Morgan fingerprint density at radius 2 is 2.31 bits per heavy atom. The molecule has 4 nitrogen and oxygen atoms in total. The molecule has 0 saturated carbocycles. The van der Waals surface area contributed by atoms with Gasteiger partial charge < -0.3 is 9.84 Å². The van der Waals surface area contributed by atoms with Crippen molar-refractivity contribution in [3.8, 4) is 11.8 Å². The summed E-state index contributed by atoms with van der Waals surface area (Å²) in [6.45, 7) is 1.91. The number of hydrogen-bond acceptors (Lipinski definition) is 3. The molecule has 0 aliphatic rings. The molecule has 16 heavy (non-hydrogen) atoms. The van der Waals surface area contributed by atoms with E-state index in [0.29, 0.717) is 11.3 Å². The largest absolute Gasteiger partial charge is 0.496 e. The van der Waals surface area contributed by atoms with Gasteiger partial charge in [-0.3, -0.25) is 4.79 Å². The standard InChI is InChI=1S/C12H13NO3/c1-8-3-4-10(11(5-8)16-2)9(7-13)6-12(14)15/h3-5,9H,6H2,1-2H3,(H,14,15). The smallest absolute Gasteiger partial charge is 0.305 e. The van der Waals surface area contributed by atoms with Gasteiger partial charge in [0.1, 0.15) is 5.75 Å². The van der Waals surface area contributed by atoms with Crippen LogP contribution in [0.5, 0.6) is 5.75 Å². The second-order valence-corrected chi connectivity index (χ2v) is 3.52. The average Bonchev–Trinajstić information content (AvgIpc) is 2.25. The van der Waals surface area contributed by atoms with E-state index in [-0.39, 0.29) is 6.42 Å². The van der Waals surface area contributed by atoms with Crippen LogP contribution in [-0.4, -0.2) is 18.2 Å². The van der Waals surface area contributed by atoms with Gasteiger partial charge in [0.2, 0.25) is 0 Å². The molecule has 0 aliphatic carbocycles. The van der Waals surface area contributed by atoms with Crippen molar-refractivity contribution in [1.29, 1.82) is 5.26 Å². The molecule has 1 N–H and O–H groups in total. The fourth-order valence-electron chi connectivity index (χ4n) is 1.51. The van der Waals surface area contributed by atoms with Gasteiger partial charge in [0.25, 0.3) is 0 Å². The normalized spacial score (nSPS) is 11.6. The van der Waals surface area contributed by atoms with Gasteiger partial charge in [0.05, 0.1) is 25.5 Å². The highest BCUT2D eigenvalue weighted by molar-refractivity contribution is 5.69. The Morgan fingerprint density at radius 1 is 1.62 bits per heavy atom. The van der Waals surface area contributed by atoms with Crippen molar-refractivity contribution in [2.24, 2.45) is 0 Å². The van der Waals surface area contributed by atoms with Crippen LogP contribution >= 0.6 is 0 Å². The minimum absolute atomic E-state index is 0.212. The van der Waals surface area contributed by atoms with Crippen LogP contribution in [0.1, 0.15) is 23.5 Å². The molecule has 0 saturated heterocycles. The quantitative estimate of drug-likeness (QED) is 0.841. The summed E-state index contributed by atoms with van der Waals surface area (Å²) in [5.41, 5.74) is 1.63. The highest BCUT2D eigenvalue weighted by atomic mass is 16.5. The van der Waals surface area contributed by atoms with Crippen LogP contribution in [-0.2, 0) is 4.79 Å². The molecule has 0 radical (unpaired) electrons. The number of aliphatic carboxylic acids is 1. The van der Waals surface area contributed by atoms with Crippen LogP contribution in [0.15, 0.2) is 18.2 Å². The van der Waals surface area contributed by atoms with Crippen LogP contribution in [0.25, 0.3) is 0 Å². The van der Waals surface area contributed by atoms with E-state index in [1.807, 2.05) is 19.1 Å². The molecule has 1 unspecified atom stereocenters. The third-order valence-corrected chi connectivity index (χ3v) is 2.30. The lowest BCUT2D eigenvalue weighted by molar-refractivity contribution is -0.137. The second-order valence-electron chi connectivity index (χ2n) is 3.52. The summed E-state index contributed by atoms with van der Waals surface area (Å²) in [7, 11) is 1.51. The number of nitrogens with zero attached hydrogens (tertiary/aromatic N) is 1. The first kappa shape index (κ1) is 12.1. The summed E-state index contributed by atoms with van der Waals surface area (Å²) in [6.07, 6.45) is -0.212. The lowest BCUT2D eigenvalue weighted by atomic mass is 9.95. The fraction of sp³-hybridized carbons (Fsp3) is 0.333. The summed E-state index contributed by atoms with van der Waals surface area (Å²) in [4.78, 5) is 10.6. The topological polar surface area (TPSA) is 70.3 Å². The molecule has 0 spiro atoms. The maximum absolute atomic E-state index is 10.6. The van der Waals surface area contributed by atoms with Crippen molar-refractivity contribution in [3.63, 3.8) is 0 Å². The maximum atomic E-state index is 10.6. The Hall–Kier alpha value is -2.02. The summed E-state index contributed by atoms with van der Waals surface area (Å²) >= 11 is 0. The molecule has 1 rings (SSSR count). The molecule has 0 aromatic heterocycles. The van der Waals surface area contributed by atoms with E-state index < -0.39 is 11.9 Å². The summed E-state index contributed by atoms with van der Waals surface area (Å²) in [5, 5.41) is 17.7. The number of ether oxygens (including phenoxy) is 1. The number of rotatable bonds is 4. The van der Waals surface area contributed by atoms with Crippen molar-refractivity contribution in [3.05, 3.63) is 29.3 Å². The van der Waals surface area contributed by atoms with Crippen molar-refractivity contribution < 1.29 is 14.6 Å². The van der Waals surface area contributed by atoms with Gasteiger partial charge in [0, 0.05) is 5.56 Å². The Kier molecular flexibility index (Phi) is 3.90. The number of carbonyl (C=O) groups is 1. The van der Waals surface area contributed by atoms with Gasteiger partial charge in [-0.05, 0) is 18.6 Å². The second kappa shape index (κ2) is 5.17. The minimum Gasteiger partial charge on any atom is -0.496 e. The predicted octanol–water partition coefficient (Wildman–Crippen LogP) is 2.09. The zero-order chi connectivity index (χ0) is 12.1. The molecule has 1 atom stereocenters. The molecule has 4 heteroatoms. The van der Waals surface area contributed by atoms with Gasteiger partial charge in [-0.2, -0.15) is 5.26 Å². The number of carboxylic acid groups (broad SMARTS) is 1. The third kappa shape index (κ3) is 2.74. The van der Waals surface area contributed by atoms with Gasteiger partial charge in [-0.15, -0.1) is 0 Å². The van der Waals surface area contributed by atoms with Gasteiger partial charge >= 0.3 is 5.97 Å². The van der Waals surface area contributed by atoms with E-state index in [0.717, 1.165) is 5.56 Å². The van der Waals surface area contributed by atoms with Gasteiger partial charge in [-0.1, -0.05) is 12.1 Å². The highest BCUT2D eigenvalue weighted by Crippen LogP contribution is 2.29. The van der Waals surface area contributed by atoms with Crippen molar-refractivity contribution >= 4 is 5.97 Å². The third-order valence-electron chi connectivity index (χ3n) is 2.30. The van der Waals surface area contributed by atoms with E-state index in [9.17, 15) is 4.79 Å². The number of aryl methyl sites for hydroxylation is 1. The number of hydrogen-bond donors (Lipinski definition) is 1. The zero-order valence-electron chi connectivity index (χ0n) is 9.23. The Bertz CT molecular complexity index is 434. The molecule has 0 bridgehead atoms. The van der Waals surface area contributed by atoms with E-state index in [4.69, 9.17) is 15.1 Å². The molecule has 0 aliphatic heterocycles. The first-order chi connectivity index (χ1) is 7.58. The Morgan fingerprint density at radius 3 is 2.81 bits per heavy atom. The summed E-state index contributed by atoms with van der Waals surface area (Å²) < 4.78 is 5.15. The molecule has 0 amide bonds. The van der Waals surface area contributed by atoms with Crippen molar-refractivity contribution in [2.45, 2.75) is 19.3 Å². The average molecular weight is 219 g/mol. The lowest BCUT2D eigenvalue weighted by Gasteiger charge is -2.12. The molecular formula is C12H13NO3. The van der Waals surface area contributed by atoms with Crippen molar-refractivity contribution in [2.75, 3.05) is 7.11 Å². The summed E-state index contributed by atoms with van der Waals surface area (Å²) in [5.74, 6) is -1.10. The highest BCUT2D eigenvalue weighted by Gasteiger charge is 2.18. The minimum atomic E-state index is -0.992. The van der Waals surface area contributed by atoms with Gasteiger partial charge in [0.15, 0.2) is 0 Å². The zero-order valence-corrected chi connectivity index (χ0v) is 9.23. The Balaban J connectivity index is 3.10. The number of methoxy groups -OCH3 is 1. The van der Waals surface area contributed by atoms with Crippen LogP contribution in [0, 0.1) is 18.3 Å². The SMILES string of the molecule is COc1cc(C)ccc1C(C#N)CC(=O)O. The van der Waals surface area contributed by atoms with E-state index in [1.165, 1.54) is 7.11 Å². The summed E-state index contributed by atoms with van der Waals surface area (Å²) in [6, 6.07) is 7.35.